The van der Waals surface area contributed by atoms with Crippen molar-refractivity contribution < 1.29 is 0 Å². The molecule has 19 heavy (non-hydrogen) atoms. The predicted octanol–water partition coefficient (Wildman–Crippen LogP) is 3.16. The average molecular weight is 251 g/mol. The number of nitrogens with zero attached hydrogens (tertiary/aromatic N) is 1. The standard InChI is InChI=1S/C16H17N3/c1-12-4-6-13(7-5-12)9-17-10-14-11-19-16-15(14)3-2-8-18-16/h2-8,11,17H,9-10H2,1H3,(H,18,19). The normalized spacial score (nSPS) is 11.0. The summed E-state index contributed by atoms with van der Waals surface area (Å²) in [6, 6.07) is 12.7. The Kier molecular flexibility index (Phi) is 3.29. The molecule has 3 nitrogen and oxygen atoms in total. The summed E-state index contributed by atoms with van der Waals surface area (Å²) in [6.07, 6.45) is 3.84. The molecule has 0 fully saturated rings. The largest absolute Gasteiger partial charge is 0.346 e. The summed E-state index contributed by atoms with van der Waals surface area (Å²) >= 11 is 0. The fourth-order valence-electron chi connectivity index (χ4n) is 2.21. The van der Waals surface area contributed by atoms with Crippen molar-refractivity contribution >= 4 is 11.0 Å². The maximum atomic E-state index is 4.29. The van der Waals surface area contributed by atoms with E-state index in [4.69, 9.17) is 0 Å². The second-order valence-corrected chi connectivity index (χ2v) is 4.80. The fourth-order valence-corrected chi connectivity index (χ4v) is 2.21. The van der Waals surface area contributed by atoms with E-state index in [1.807, 2.05) is 18.5 Å². The maximum Gasteiger partial charge on any atom is 0.137 e. The van der Waals surface area contributed by atoms with Crippen molar-refractivity contribution in [3.05, 3.63) is 65.5 Å². The van der Waals surface area contributed by atoms with Crippen molar-refractivity contribution in [2.45, 2.75) is 20.0 Å². The summed E-state index contributed by atoms with van der Waals surface area (Å²) in [7, 11) is 0. The van der Waals surface area contributed by atoms with Crippen LogP contribution in [-0.4, -0.2) is 9.97 Å². The number of rotatable bonds is 4. The first kappa shape index (κ1) is 11.9. The van der Waals surface area contributed by atoms with E-state index >= 15 is 0 Å². The van der Waals surface area contributed by atoms with Crippen LogP contribution in [0, 0.1) is 6.92 Å². The van der Waals surface area contributed by atoms with Crippen LogP contribution in [0.1, 0.15) is 16.7 Å². The molecule has 96 valence electrons. The van der Waals surface area contributed by atoms with E-state index in [1.165, 1.54) is 22.1 Å². The van der Waals surface area contributed by atoms with Gasteiger partial charge in [-0.05, 0) is 30.2 Å². The fraction of sp³-hybridized carbons (Fsp3) is 0.188. The zero-order valence-corrected chi connectivity index (χ0v) is 11.0. The van der Waals surface area contributed by atoms with Crippen molar-refractivity contribution in [2.75, 3.05) is 0 Å². The van der Waals surface area contributed by atoms with Gasteiger partial charge in [-0.2, -0.15) is 0 Å². The Balaban J connectivity index is 1.65. The van der Waals surface area contributed by atoms with Gasteiger partial charge in [-0.15, -0.1) is 0 Å². The van der Waals surface area contributed by atoms with E-state index in [1.54, 1.807) is 0 Å². The number of hydrogen-bond donors (Lipinski definition) is 2. The molecule has 0 saturated heterocycles. The van der Waals surface area contributed by atoms with Crippen LogP contribution in [0.25, 0.3) is 11.0 Å². The van der Waals surface area contributed by atoms with Crippen molar-refractivity contribution in [3.8, 4) is 0 Å². The molecule has 0 aliphatic heterocycles. The van der Waals surface area contributed by atoms with E-state index in [2.05, 4.69) is 52.5 Å². The molecule has 0 radical (unpaired) electrons. The van der Waals surface area contributed by atoms with Gasteiger partial charge in [-0.1, -0.05) is 29.8 Å². The van der Waals surface area contributed by atoms with Gasteiger partial charge in [0.1, 0.15) is 5.65 Å². The summed E-state index contributed by atoms with van der Waals surface area (Å²) in [5, 5.41) is 4.66. The molecule has 0 spiro atoms. The Hall–Kier alpha value is -2.13. The van der Waals surface area contributed by atoms with E-state index in [-0.39, 0.29) is 0 Å². The molecule has 0 amide bonds. The molecule has 2 heterocycles. The first-order valence-corrected chi connectivity index (χ1v) is 6.50. The highest BCUT2D eigenvalue weighted by Crippen LogP contribution is 2.15. The van der Waals surface area contributed by atoms with Crippen molar-refractivity contribution in [2.24, 2.45) is 0 Å². The molecule has 3 aromatic rings. The number of H-pyrrole nitrogens is 1. The number of aromatic nitrogens is 2. The minimum Gasteiger partial charge on any atom is -0.346 e. The second-order valence-electron chi connectivity index (χ2n) is 4.80. The third-order valence-corrected chi connectivity index (χ3v) is 3.30. The van der Waals surface area contributed by atoms with Crippen LogP contribution in [0.5, 0.6) is 0 Å². The molecule has 1 aromatic carbocycles. The molecular weight excluding hydrogens is 234 g/mol. The highest BCUT2D eigenvalue weighted by atomic mass is 14.9. The Morgan fingerprint density at radius 1 is 1.11 bits per heavy atom. The van der Waals surface area contributed by atoms with Gasteiger partial charge >= 0.3 is 0 Å². The van der Waals surface area contributed by atoms with E-state index in [0.29, 0.717) is 0 Å². The summed E-state index contributed by atoms with van der Waals surface area (Å²) in [6.45, 7) is 3.84. The van der Waals surface area contributed by atoms with E-state index in [0.717, 1.165) is 18.7 Å². The van der Waals surface area contributed by atoms with Gasteiger partial charge in [0, 0.05) is 30.9 Å². The maximum absolute atomic E-state index is 4.29. The molecule has 3 heteroatoms. The number of nitrogens with one attached hydrogen (secondary N) is 2. The van der Waals surface area contributed by atoms with Crippen LogP contribution < -0.4 is 5.32 Å². The number of aryl methyl sites for hydroxylation is 1. The second kappa shape index (κ2) is 5.24. The van der Waals surface area contributed by atoms with Gasteiger partial charge in [0.15, 0.2) is 0 Å². The van der Waals surface area contributed by atoms with Crippen LogP contribution in [0.4, 0.5) is 0 Å². The summed E-state index contributed by atoms with van der Waals surface area (Å²) in [5.74, 6) is 0. The van der Waals surface area contributed by atoms with Gasteiger partial charge in [0.2, 0.25) is 0 Å². The highest BCUT2D eigenvalue weighted by molar-refractivity contribution is 5.79. The molecule has 0 bridgehead atoms. The van der Waals surface area contributed by atoms with Crippen LogP contribution in [0.2, 0.25) is 0 Å². The SMILES string of the molecule is Cc1ccc(CNCc2c[nH]c3ncccc23)cc1. The molecule has 0 aliphatic carbocycles. The first-order valence-electron chi connectivity index (χ1n) is 6.50. The molecule has 0 aliphatic rings. The average Bonchev–Trinajstić information content (AvgIpc) is 2.85. The molecular formula is C16H17N3. The van der Waals surface area contributed by atoms with Gasteiger partial charge in [-0.25, -0.2) is 4.98 Å². The number of hydrogen-bond acceptors (Lipinski definition) is 2. The zero-order chi connectivity index (χ0) is 13.1. The van der Waals surface area contributed by atoms with Gasteiger partial charge in [-0.3, -0.25) is 0 Å². The summed E-state index contributed by atoms with van der Waals surface area (Å²) in [4.78, 5) is 7.49. The third-order valence-electron chi connectivity index (χ3n) is 3.30. The number of fused-ring (bicyclic) bond motifs is 1. The molecule has 0 atom stereocenters. The number of benzene rings is 1. The lowest BCUT2D eigenvalue weighted by Gasteiger charge is -2.04. The van der Waals surface area contributed by atoms with Crippen LogP contribution >= 0.6 is 0 Å². The third kappa shape index (κ3) is 2.66. The molecule has 0 unspecified atom stereocenters. The molecule has 2 aromatic heterocycles. The minimum absolute atomic E-state index is 0.847. The Bertz CT molecular complexity index is 668. The molecule has 0 saturated carbocycles. The monoisotopic (exact) mass is 251 g/mol. The Morgan fingerprint density at radius 2 is 1.95 bits per heavy atom. The van der Waals surface area contributed by atoms with Gasteiger partial charge in [0.25, 0.3) is 0 Å². The predicted molar refractivity (Wildman–Crippen MR) is 77.8 cm³/mol. The Labute approximate surface area is 112 Å². The Morgan fingerprint density at radius 3 is 2.79 bits per heavy atom. The first-order chi connectivity index (χ1) is 9.33. The smallest absolute Gasteiger partial charge is 0.137 e. The van der Waals surface area contributed by atoms with Crippen LogP contribution in [0.3, 0.4) is 0 Å². The van der Waals surface area contributed by atoms with E-state index < -0.39 is 0 Å². The van der Waals surface area contributed by atoms with Crippen LogP contribution in [-0.2, 0) is 13.1 Å². The lowest BCUT2D eigenvalue weighted by atomic mass is 10.1. The van der Waals surface area contributed by atoms with Gasteiger partial charge in [0.05, 0.1) is 0 Å². The van der Waals surface area contributed by atoms with Crippen molar-refractivity contribution in [1.29, 1.82) is 0 Å². The topological polar surface area (TPSA) is 40.7 Å². The van der Waals surface area contributed by atoms with Crippen molar-refractivity contribution in [1.82, 2.24) is 15.3 Å². The van der Waals surface area contributed by atoms with Crippen molar-refractivity contribution in [3.63, 3.8) is 0 Å². The van der Waals surface area contributed by atoms with Gasteiger partial charge < -0.3 is 10.3 Å². The summed E-state index contributed by atoms with van der Waals surface area (Å²) < 4.78 is 0. The molecule has 2 N–H and O–H groups in total. The lowest BCUT2D eigenvalue weighted by Crippen LogP contribution is -2.12. The molecule has 3 rings (SSSR count). The zero-order valence-electron chi connectivity index (χ0n) is 11.0. The highest BCUT2D eigenvalue weighted by Gasteiger charge is 2.02. The van der Waals surface area contributed by atoms with E-state index in [9.17, 15) is 0 Å². The quantitative estimate of drug-likeness (QED) is 0.747. The summed E-state index contributed by atoms with van der Waals surface area (Å²) in [5.41, 5.74) is 4.82. The number of aromatic amines is 1. The minimum atomic E-state index is 0.847. The lowest BCUT2D eigenvalue weighted by molar-refractivity contribution is 0.696. The number of pyridine rings is 1. The van der Waals surface area contributed by atoms with Crippen LogP contribution in [0.15, 0.2) is 48.8 Å².